The first-order valence-corrected chi connectivity index (χ1v) is 7.64. The Bertz CT molecular complexity index is 400. The quantitative estimate of drug-likeness (QED) is 0.828. The van der Waals surface area contributed by atoms with Crippen molar-refractivity contribution >= 4 is 21.4 Å². The first kappa shape index (κ1) is 13.6. The van der Waals surface area contributed by atoms with Crippen LogP contribution in [-0.4, -0.2) is 38.1 Å². The van der Waals surface area contributed by atoms with E-state index in [0.29, 0.717) is 0 Å². The zero-order valence-electron chi connectivity index (χ0n) is 9.59. The fourth-order valence-corrected chi connectivity index (χ4v) is 3.45. The Kier molecular flexibility index (Phi) is 4.91. The van der Waals surface area contributed by atoms with Crippen molar-refractivity contribution in [2.24, 2.45) is 5.73 Å². The number of hydrogen-bond donors (Lipinski definition) is 1. The molecule has 0 radical (unpaired) electrons. The third-order valence-corrected chi connectivity index (χ3v) is 5.40. The first-order valence-electron chi connectivity index (χ1n) is 5.15. The van der Waals surface area contributed by atoms with Gasteiger partial charge in [-0.3, -0.25) is 0 Å². The van der Waals surface area contributed by atoms with Crippen molar-refractivity contribution < 1.29 is 8.42 Å². The topological polar surface area (TPSA) is 63.4 Å². The van der Waals surface area contributed by atoms with E-state index in [9.17, 15) is 8.42 Å². The molecule has 2 N–H and O–H groups in total. The highest BCUT2D eigenvalue weighted by Gasteiger charge is 2.22. The molecule has 4 nitrogen and oxygen atoms in total. The molecule has 16 heavy (non-hydrogen) atoms. The van der Waals surface area contributed by atoms with Gasteiger partial charge in [0.2, 0.25) is 10.0 Å². The lowest BCUT2D eigenvalue weighted by Gasteiger charge is -2.23. The highest BCUT2D eigenvalue weighted by Crippen LogP contribution is 2.15. The van der Waals surface area contributed by atoms with Crippen LogP contribution >= 0.6 is 11.3 Å². The molecule has 0 aromatic carbocycles. The molecule has 0 spiro atoms. The maximum Gasteiger partial charge on any atom is 0.215 e. The highest BCUT2D eigenvalue weighted by molar-refractivity contribution is 7.89. The average Bonchev–Trinajstić information content (AvgIpc) is 2.69. The predicted octanol–water partition coefficient (Wildman–Crippen LogP) is 0.899. The van der Waals surface area contributed by atoms with Crippen molar-refractivity contribution in [3.8, 4) is 0 Å². The highest BCUT2D eigenvalue weighted by atomic mass is 32.2. The van der Waals surface area contributed by atoms with Crippen molar-refractivity contribution in [3.63, 3.8) is 0 Å². The van der Waals surface area contributed by atoms with Gasteiger partial charge in [0.25, 0.3) is 0 Å². The van der Waals surface area contributed by atoms with Gasteiger partial charge >= 0.3 is 0 Å². The molecule has 6 heteroatoms. The fourth-order valence-electron chi connectivity index (χ4n) is 1.42. The number of thiophene rings is 1. The third-order valence-electron chi connectivity index (χ3n) is 2.51. The lowest BCUT2D eigenvalue weighted by Crippen LogP contribution is -2.39. The molecule has 0 aliphatic heterocycles. The van der Waals surface area contributed by atoms with E-state index in [2.05, 4.69) is 0 Å². The number of likely N-dealkylation sites (N-methyl/N-ethyl adjacent to an activating group) is 1. The third kappa shape index (κ3) is 3.55. The van der Waals surface area contributed by atoms with Gasteiger partial charge in [0.15, 0.2) is 0 Å². The minimum absolute atomic E-state index is 0.0122. The maximum atomic E-state index is 11.7. The Balaban J connectivity index is 2.63. The Morgan fingerprint density at radius 3 is 2.75 bits per heavy atom. The predicted molar refractivity (Wildman–Crippen MR) is 68.1 cm³/mol. The lowest BCUT2D eigenvalue weighted by molar-refractivity contribution is 0.388. The minimum Gasteiger partial charge on any atom is -0.329 e. The molecule has 0 saturated heterocycles. The zero-order valence-corrected chi connectivity index (χ0v) is 11.2. The number of rotatable bonds is 6. The van der Waals surface area contributed by atoms with Crippen molar-refractivity contribution in [2.45, 2.75) is 19.4 Å². The second-order valence-electron chi connectivity index (χ2n) is 3.75. The van der Waals surface area contributed by atoms with E-state index >= 15 is 0 Å². The van der Waals surface area contributed by atoms with Crippen LogP contribution < -0.4 is 5.73 Å². The molecule has 1 heterocycles. The van der Waals surface area contributed by atoms with Crippen molar-refractivity contribution in [1.29, 1.82) is 0 Å². The number of sulfonamides is 1. The summed E-state index contributed by atoms with van der Waals surface area (Å²) in [5.41, 5.74) is 5.28. The monoisotopic (exact) mass is 262 g/mol. The Hall–Kier alpha value is -0.430. The molecule has 1 aromatic rings. The van der Waals surface area contributed by atoms with Gasteiger partial charge in [0.05, 0.1) is 5.75 Å². The van der Waals surface area contributed by atoms with Crippen molar-refractivity contribution in [2.75, 3.05) is 19.3 Å². The molecular weight excluding hydrogens is 244 g/mol. The second kappa shape index (κ2) is 5.77. The van der Waals surface area contributed by atoms with E-state index in [0.717, 1.165) is 6.42 Å². The molecule has 1 atom stereocenters. The summed E-state index contributed by atoms with van der Waals surface area (Å²) in [6.45, 7) is 2.08. The Morgan fingerprint density at radius 2 is 2.25 bits per heavy atom. The van der Waals surface area contributed by atoms with Crippen LogP contribution in [0.5, 0.6) is 0 Å². The molecular formula is C10H18N2O2S2. The van der Waals surface area contributed by atoms with E-state index in [-0.39, 0.29) is 18.3 Å². The van der Waals surface area contributed by atoms with Gasteiger partial charge in [-0.2, -0.15) is 0 Å². The van der Waals surface area contributed by atoms with Crippen molar-refractivity contribution in [1.82, 2.24) is 4.31 Å². The van der Waals surface area contributed by atoms with Gasteiger partial charge < -0.3 is 5.73 Å². The molecule has 1 unspecified atom stereocenters. The van der Waals surface area contributed by atoms with Crippen LogP contribution in [0.1, 0.15) is 11.8 Å². The maximum absolute atomic E-state index is 11.7. The summed E-state index contributed by atoms with van der Waals surface area (Å²) in [6, 6.07) is 3.96. The summed E-state index contributed by atoms with van der Waals surface area (Å²) < 4.78 is 24.9. The molecule has 0 bridgehead atoms. The standard InChI is InChI=1S/C10H18N2O2S2/c1-9(8-10-4-3-6-15-10)12(2)16(13,14)7-5-11/h3-4,6,9H,5,7-8,11H2,1-2H3. The second-order valence-corrected chi connectivity index (χ2v) is 6.93. The SMILES string of the molecule is CC(Cc1cccs1)N(C)S(=O)(=O)CCN. The number of nitrogens with zero attached hydrogens (tertiary/aromatic N) is 1. The van der Waals surface area contributed by atoms with Gasteiger partial charge in [-0.15, -0.1) is 11.3 Å². The van der Waals surface area contributed by atoms with E-state index < -0.39 is 10.0 Å². The van der Waals surface area contributed by atoms with Gasteiger partial charge in [0.1, 0.15) is 0 Å². The lowest BCUT2D eigenvalue weighted by atomic mass is 10.2. The molecule has 0 fully saturated rings. The summed E-state index contributed by atoms with van der Waals surface area (Å²) in [5, 5.41) is 2.00. The van der Waals surface area contributed by atoms with Crippen LogP contribution in [-0.2, 0) is 16.4 Å². The molecule has 1 aromatic heterocycles. The molecule has 0 aliphatic rings. The zero-order chi connectivity index (χ0) is 12.2. The summed E-state index contributed by atoms with van der Waals surface area (Å²) in [6.07, 6.45) is 0.748. The van der Waals surface area contributed by atoms with Gasteiger partial charge in [-0.05, 0) is 24.8 Å². The van der Waals surface area contributed by atoms with Crippen LogP contribution in [0.25, 0.3) is 0 Å². The van der Waals surface area contributed by atoms with E-state index in [4.69, 9.17) is 5.73 Å². The average molecular weight is 262 g/mol. The smallest absolute Gasteiger partial charge is 0.215 e. The summed E-state index contributed by atoms with van der Waals surface area (Å²) in [4.78, 5) is 1.20. The van der Waals surface area contributed by atoms with Crippen LogP contribution in [0, 0.1) is 0 Å². The summed E-state index contributed by atoms with van der Waals surface area (Å²) >= 11 is 1.65. The Labute approximate surface area is 101 Å². The van der Waals surface area contributed by atoms with Gasteiger partial charge in [0, 0.05) is 24.5 Å². The van der Waals surface area contributed by atoms with Gasteiger partial charge in [-0.25, -0.2) is 12.7 Å². The molecule has 0 amide bonds. The first-order chi connectivity index (χ1) is 7.47. The molecule has 1 rings (SSSR count). The van der Waals surface area contributed by atoms with Crippen LogP contribution in [0.4, 0.5) is 0 Å². The number of hydrogen-bond acceptors (Lipinski definition) is 4. The van der Waals surface area contributed by atoms with Crippen LogP contribution in [0.3, 0.4) is 0 Å². The number of nitrogens with two attached hydrogens (primary N) is 1. The molecule has 0 saturated carbocycles. The molecule has 92 valence electrons. The van der Waals surface area contributed by atoms with E-state index in [1.165, 1.54) is 9.18 Å². The Morgan fingerprint density at radius 1 is 1.56 bits per heavy atom. The van der Waals surface area contributed by atoms with Crippen molar-refractivity contribution in [3.05, 3.63) is 22.4 Å². The fraction of sp³-hybridized carbons (Fsp3) is 0.600. The normalized spacial score (nSPS) is 14.2. The summed E-state index contributed by atoms with van der Waals surface area (Å²) in [5.74, 6) is 0.0122. The van der Waals surface area contributed by atoms with E-state index in [1.54, 1.807) is 18.4 Å². The van der Waals surface area contributed by atoms with Crippen LogP contribution in [0.2, 0.25) is 0 Å². The van der Waals surface area contributed by atoms with Crippen LogP contribution in [0.15, 0.2) is 17.5 Å². The largest absolute Gasteiger partial charge is 0.329 e. The minimum atomic E-state index is -3.20. The summed E-state index contributed by atoms with van der Waals surface area (Å²) in [7, 11) is -1.59. The van der Waals surface area contributed by atoms with E-state index in [1.807, 2.05) is 24.4 Å². The molecule has 0 aliphatic carbocycles. The van der Waals surface area contributed by atoms with Gasteiger partial charge in [-0.1, -0.05) is 6.07 Å².